The Morgan fingerprint density at radius 3 is 3.11 bits per heavy atom. The number of hydrogen-bond donors (Lipinski definition) is 0. The Labute approximate surface area is 110 Å². The number of nitrogens with zero attached hydrogens (tertiary/aromatic N) is 4. The van der Waals surface area contributed by atoms with E-state index in [1.807, 2.05) is 30.4 Å². The molecule has 1 aromatic heterocycles. The largest absolute Gasteiger partial charge is 0.256 e. The first-order chi connectivity index (χ1) is 8.81. The molecule has 4 nitrogen and oxygen atoms in total. The monoisotopic (exact) mass is 258 g/mol. The summed E-state index contributed by atoms with van der Waals surface area (Å²) >= 11 is 6.07. The lowest BCUT2D eigenvalue weighted by atomic mass is 10.1. The average Bonchev–Trinajstić information content (AvgIpc) is 2.39. The van der Waals surface area contributed by atoms with Crippen molar-refractivity contribution in [3.8, 4) is 0 Å². The first-order valence-electron chi connectivity index (χ1n) is 5.53. The van der Waals surface area contributed by atoms with Crippen molar-refractivity contribution >= 4 is 28.6 Å². The number of hydrogen-bond acceptors (Lipinski definition) is 2. The van der Waals surface area contributed by atoms with E-state index in [-0.39, 0.29) is 0 Å². The zero-order valence-corrected chi connectivity index (χ0v) is 10.4. The normalized spacial score (nSPS) is 10.7. The molecule has 0 radical (unpaired) electrons. The van der Waals surface area contributed by atoms with Gasteiger partial charge in [-0.25, -0.2) is 0 Å². The van der Waals surface area contributed by atoms with E-state index in [0.29, 0.717) is 11.6 Å². The Hall–Kier alpha value is -2.03. The minimum absolute atomic E-state index is 0.477. The molecule has 0 bridgehead atoms. The Kier molecular flexibility index (Phi) is 4.18. The predicted molar refractivity (Wildman–Crippen MR) is 74.4 cm³/mol. The minimum Gasteiger partial charge on any atom is -0.256 e. The molecule has 0 atom stereocenters. The van der Waals surface area contributed by atoms with Gasteiger partial charge in [-0.1, -0.05) is 41.0 Å². The predicted octanol–water partition coefficient (Wildman–Crippen LogP) is 4.60. The van der Waals surface area contributed by atoms with Gasteiger partial charge in [-0.3, -0.25) is 4.98 Å². The lowest BCUT2D eigenvalue weighted by Crippen LogP contribution is -1.81. The van der Waals surface area contributed by atoms with Gasteiger partial charge in [0.25, 0.3) is 0 Å². The minimum atomic E-state index is 0.477. The van der Waals surface area contributed by atoms with E-state index in [2.05, 4.69) is 15.0 Å². The fraction of sp³-hybridized carbons (Fsp3) is 0.154. The van der Waals surface area contributed by atoms with E-state index in [1.165, 1.54) is 0 Å². The molecule has 5 heteroatoms. The SMILES string of the molecule is [N-]=[N+]=NCCC=Cc1ccc2c(Cl)ccnc2c1. The molecule has 0 aliphatic carbocycles. The number of halogens is 1. The molecule has 0 N–H and O–H groups in total. The number of pyridine rings is 1. The third-order valence-electron chi connectivity index (χ3n) is 2.48. The van der Waals surface area contributed by atoms with Crippen molar-refractivity contribution in [2.75, 3.05) is 6.54 Å². The highest BCUT2D eigenvalue weighted by molar-refractivity contribution is 6.35. The van der Waals surface area contributed by atoms with E-state index >= 15 is 0 Å². The van der Waals surface area contributed by atoms with Crippen molar-refractivity contribution in [1.82, 2.24) is 4.98 Å². The van der Waals surface area contributed by atoms with Gasteiger partial charge in [0.05, 0.1) is 10.5 Å². The molecule has 1 heterocycles. The summed E-state index contributed by atoms with van der Waals surface area (Å²) in [6.45, 7) is 0.477. The summed E-state index contributed by atoms with van der Waals surface area (Å²) in [6.07, 6.45) is 6.38. The maximum atomic E-state index is 8.14. The fourth-order valence-corrected chi connectivity index (χ4v) is 1.85. The van der Waals surface area contributed by atoms with Crippen molar-refractivity contribution in [3.05, 3.63) is 57.6 Å². The van der Waals surface area contributed by atoms with Gasteiger partial charge in [-0.2, -0.15) is 0 Å². The third kappa shape index (κ3) is 3.00. The lowest BCUT2D eigenvalue weighted by molar-refractivity contribution is 0.996. The molecule has 0 saturated heterocycles. The van der Waals surface area contributed by atoms with Gasteiger partial charge in [0, 0.05) is 23.0 Å². The molecule has 18 heavy (non-hydrogen) atoms. The molecule has 0 unspecified atom stereocenters. The molecule has 0 aliphatic rings. The van der Waals surface area contributed by atoms with Crippen LogP contribution in [0.15, 0.2) is 41.7 Å². The molecule has 2 aromatic rings. The number of rotatable bonds is 4. The van der Waals surface area contributed by atoms with Crippen LogP contribution in [0.1, 0.15) is 12.0 Å². The number of azide groups is 1. The van der Waals surface area contributed by atoms with Gasteiger partial charge in [0.1, 0.15) is 0 Å². The van der Waals surface area contributed by atoms with Gasteiger partial charge in [0.15, 0.2) is 0 Å². The summed E-state index contributed by atoms with van der Waals surface area (Å²) in [7, 11) is 0. The molecule has 0 spiro atoms. The smallest absolute Gasteiger partial charge is 0.0722 e. The second-order valence-corrected chi connectivity index (χ2v) is 4.12. The van der Waals surface area contributed by atoms with E-state index in [0.717, 1.165) is 22.9 Å². The highest BCUT2D eigenvalue weighted by Gasteiger charge is 1.99. The molecule has 0 fully saturated rings. The Morgan fingerprint density at radius 1 is 1.39 bits per heavy atom. The quantitative estimate of drug-likeness (QED) is 0.342. The summed E-state index contributed by atoms with van der Waals surface area (Å²) in [5, 5.41) is 5.12. The zero-order chi connectivity index (χ0) is 12.8. The molecule has 0 amide bonds. The van der Waals surface area contributed by atoms with Gasteiger partial charge in [-0.05, 0) is 29.6 Å². The molecular weight excluding hydrogens is 248 g/mol. The Balaban J connectivity index is 2.17. The van der Waals surface area contributed by atoms with E-state index in [4.69, 9.17) is 17.1 Å². The van der Waals surface area contributed by atoms with Crippen LogP contribution in [0.2, 0.25) is 5.02 Å². The van der Waals surface area contributed by atoms with Gasteiger partial charge >= 0.3 is 0 Å². The number of aromatic nitrogens is 1. The third-order valence-corrected chi connectivity index (χ3v) is 2.81. The summed E-state index contributed by atoms with van der Waals surface area (Å²) in [5.41, 5.74) is 10.1. The molecule has 2 rings (SSSR count). The van der Waals surface area contributed by atoms with Crippen LogP contribution in [0.25, 0.3) is 27.4 Å². The van der Waals surface area contributed by atoms with Gasteiger partial charge in [0.2, 0.25) is 0 Å². The fourth-order valence-electron chi connectivity index (χ4n) is 1.63. The first kappa shape index (κ1) is 12.4. The summed E-state index contributed by atoms with van der Waals surface area (Å²) in [6, 6.07) is 7.70. The topological polar surface area (TPSA) is 61.7 Å². The van der Waals surface area contributed by atoms with Crippen LogP contribution < -0.4 is 0 Å². The molecule has 1 aromatic carbocycles. The lowest BCUT2D eigenvalue weighted by Gasteiger charge is -2.00. The highest BCUT2D eigenvalue weighted by atomic mass is 35.5. The number of benzene rings is 1. The van der Waals surface area contributed by atoms with Crippen LogP contribution in [0, 0.1) is 0 Å². The Morgan fingerprint density at radius 2 is 2.28 bits per heavy atom. The average molecular weight is 259 g/mol. The van der Waals surface area contributed by atoms with Crippen LogP contribution in [-0.4, -0.2) is 11.5 Å². The summed E-state index contributed by atoms with van der Waals surface area (Å²) in [5.74, 6) is 0. The van der Waals surface area contributed by atoms with Gasteiger partial charge < -0.3 is 0 Å². The van der Waals surface area contributed by atoms with Crippen LogP contribution in [0.4, 0.5) is 0 Å². The van der Waals surface area contributed by atoms with E-state index in [1.54, 1.807) is 12.3 Å². The highest BCUT2D eigenvalue weighted by Crippen LogP contribution is 2.22. The standard InChI is InChI=1S/C13H11ClN4/c14-12-6-8-16-13-9-10(4-5-11(12)13)3-1-2-7-17-18-15/h1,3-6,8-9H,2,7H2. The summed E-state index contributed by atoms with van der Waals surface area (Å²) < 4.78 is 0. The van der Waals surface area contributed by atoms with Crippen LogP contribution in [0.5, 0.6) is 0 Å². The van der Waals surface area contributed by atoms with E-state index < -0.39 is 0 Å². The zero-order valence-electron chi connectivity index (χ0n) is 9.62. The van der Waals surface area contributed by atoms with Crippen LogP contribution in [0.3, 0.4) is 0 Å². The maximum Gasteiger partial charge on any atom is 0.0722 e. The number of fused-ring (bicyclic) bond motifs is 1. The molecule has 0 aliphatic heterocycles. The maximum absolute atomic E-state index is 8.14. The Bertz CT molecular complexity index is 630. The van der Waals surface area contributed by atoms with Crippen molar-refractivity contribution in [2.24, 2.45) is 5.11 Å². The van der Waals surface area contributed by atoms with Crippen molar-refractivity contribution in [2.45, 2.75) is 6.42 Å². The van der Waals surface area contributed by atoms with Crippen molar-refractivity contribution < 1.29 is 0 Å². The molecular formula is C13H11ClN4. The van der Waals surface area contributed by atoms with Crippen molar-refractivity contribution in [3.63, 3.8) is 0 Å². The van der Waals surface area contributed by atoms with Crippen LogP contribution in [-0.2, 0) is 0 Å². The van der Waals surface area contributed by atoms with Gasteiger partial charge in [-0.15, -0.1) is 0 Å². The second-order valence-electron chi connectivity index (χ2n) is 3.71. The van der Waals surface area contributed by atoms with Crippen molar-refractivity contribution in [1.29, 1.82) is 0 Å². The van der Waals surface area contributed by atoms with E-state index in [9.17, 15) is 0 Å². The molecule has 90 valence electrons. The summed E-state index contributed by atoms with van der Waals surface area (Å²) in [4.78, 5) is 6.97. The van der Waals surface area contributed by atoms with Crippen LogP contribution >= 0.6 is 11.6 Å². The second kappa shape index (κ2) is 6.05. The first-order valence-corrected chi connectivity index (χ1v) is 5.91. The molecule has 0 saturated carbocycles.